The van der Waals surface area contributed by atoms with E-state index in [0.717, 1.165) is 23.5 Å². The zero-order valence-electron chi connectivity index (χ0n) is 19.2. The first-order chi connectivity index (χ1) is 17.1. The molecule has 35 heavy (non-hydrogen) atoms. The lowest BCUT2D eigenvalue weighted by Crippen LogP contribution is -2.38. The Morgan fingerprint density at radius 1 is 1.06 bits per heavy atom. The van der Waals surface area contributed by atoms with Gasteiger partial charge in [-0.15, -0.1) is 0 Å². The molecule has 0 spiro atoms. The topological polar surface area (TPSA) is 105 Å². The van der Waals surface area contributed by atoms with Crippen molar-refractivity contribution in [1.82, 2.24) is 10.3 Å². The van der Waals surface area contributed by atoms with Gasteiger partial charge >= 0.3 is 0 Å². The van der Waals surface area contributed by atoms with Gasteiger partial charge in [0.05, 0.1) is 29.9 Å². The maximum Gasteiger partial charge on any atom is 0.228 e. The first-order valence-electron chi connectivity index (χ1n) is 11.8. The van der Waals surface area contributed by atoms with E-state index in [0.29, 0.717) is 36.4 Å². The molecule has 0 fully saturated rings. The molecule has 178 valence electrons. The van der Waals surface area contributed by atoms with Crippen molar-refractivity contribution in [3.63, 3.8) is 0 Å². The summed E-state index contributed by atoms with van der Waals surface area (Å²) in [4.78, 5) is 45.2. The molecule has 0 saturated carbocycles. The molecule has 0 bridgehead atoms. The number of benzene rings is 1. The van der Waals surface area contributed by atoms with Gasteiger partial charge in [0.15, 0.2) is 5.78 Å². The van der Waals surface area contributed by atoms with Gasteiger partial charge in [-0.3, -0.25) is 24.3 Å². The largest absolute Gasteiger partial charge is 0.467 e. The maximum absolute atomic E-state index is 13.7. The van der Waals surface area contributed by atoms with Crippen LogP contribution in [-0.2, 0) is 20.9 Å². The Bertz CT molecular complexity index is 1270. The van der Waals surface area contributed by atoms with Crippen molar-refractivity contribution < 1.29 is 18.8 Å². The fourth-order valence-electron chi connectivity index (χ4n) is 4.65. The minimum Gasteiger partial charge on any atom is -0.467 e. The van der Waals surface area contributed by atoms with E-state index < -0.39 is 6.04 Å². The number of amides is 2. The van der Waals surface area contributed by atoms with E-state index in [9.17, 15) is 14.4 Å². The van der Waals surface area contributed by atoms with Crippen molar-refractivity contribution in [1.29, 1.82) is 0 Å². The number of ketones is 1. The van der Waals surface area contributed by atoms with Crippen LogP contribution in [0.3, 0.4) is 0 Å². The SMILES string of the molecule is O=C(CCC(=O)N1c2ccccc2NC2=C(C(=O)CCC2)C1c1ccco1)NCc1ccccn1. The minimum absolute atomic E-state index is 0.00106. The number of nitrogens with one attached hydrogen (secondary N) is 2. The summed E-state index contributed by atoms with van der Waals surface area (Å²) < 4.78 is 5.74. The quantitative estimate of drug-likeness (QED) is 0.557. The molecule has 2 N–H and O–H groups in total. The third kappa shape index (κ3) is 4.73. The Labute approximate surface area is 203 Å². The molecule has 1 unspecified atom stereocenters. The number of fused-ring (bicyclic) bond motifs is 1. The molecule has 8 nitrogen and oxygen atoms in total. The Kier molecular flexibility index (Phi) is 6.43. The summed E-state index contributed by atoms with van der Waals surface area (Å²) >= 11 is 0. The van der Waals surface area contributed by atoms with Crippen LogP contribution in [0.1, 0.15) is 49.6 Å². The number of aromatic nitrogens is 1. The van der Waals surface area contributed by atoms with Crippen molar-refractivity contribution in [2.45, 2.75) is 44.7 Å². The van der Waals surface area contributed by atoms with Crippen LogP contribution in [0.15, 0.2) is 82.7 Å². The highest BCUT2D eigenvalue weighted by Crippen LogP contribution is 2.45. The predicted octanol–water partition coefficient (Wildman–Crippen LogP) is 4.28. The standard InChI is InChI=1S/C27H26N4O4/c32-22-11-5-9-20-26(22)27(23-12-6-16-35-23)31(21-10-2-1-8-19(21)30-20)25(34)14-13-24(33)29-17-18-7-3-4-15-28-18/h1-4,6-8,10,12,15-16,27,30H,5,9,11,13-14,17H2,(H,29,33). The molecule has 5 rings (SSSR count). The number of allylic oxidation sites excluding steroid dienone is 1. The van der Waals surface area contributed by atoms with E-state index in [1.165, 1.54) is 0 Å². The molecular weight excluding hydrogens is 444 g/mol. The van der Waals surface area contributed by atoms with E-state index in [-0.39, 0.29) is 30.4 Å². The lowest BCUT2D eigenvalue weighted by atomic mass is 9.88. The van der Waals surface area contributed by atoms with Gasteiger partial charge < -0.3 is 15.1 Å². The molecular formula is C27H26N4O4. The van der Waals surface area contributed by atoms with E-state index in [1.54, 1.807) is 29.5 Å². The van der Waals surface area contributed by atoms with Gasteiger partial charge in [0, 0.05) is 36.7 Å². The number of rotatable bonds is 6. The highest BCUT2D eigenvalue weighted by molar-refractivity contribution is 6.06. The molecule has 3 aromatic rings. The maximum atomic E-state index is 13.7. The van der Waals surface area contributed by atoms with Crippen molar-refractivity contribution in [3.8, 4) is 0 Å². The molecule has 2 amide bonds. The van der Waals surface area contributed by atoms with Crippen LogP contribution in [0.5, 0.6) is 0 Å². The van der Waals surface area contributed by atoms with Gasteiger partial charge in [-0.05, 0) is 49.2 Å². The first kappa shape index (κ1) is 22.6. The van der Waals surface area contributed by atoms with Gasteiger partial charge in [-0.25, -0.2) is 0 Å². The molecule has 2 aliphatic rings. The van der Waals surface area contributed by atoms with Crippen molar-refractivity contribution in [3.05, 3.63) is 89.8 Å². The van der Waals surface area contributed by atoms with Crippen molar-refractivity contribution in [2.75, 3.05) is 10.2 Å². The molecule has 0 radical (unpaired) electrons. The van der Waals surface area contributed by atoms with Crippen LogP contribution in [-0.4, -0.2) is 22.6 Å². The molecule has 0 saturated heterocycles. The molecule has 1 aliphatic heterocycles. The summed E-state index contributed by atoms with van der Waals surface area (Å²) in [6.45, 7) is 0.296. The third-order valence-corrected chi connectivity index (χ3v) is 6.28. The fraction of sp³-hybridized carbons (Fsp3) is 0.259. The van der Waals surface area contributed by atoms with Gasteiger partial charge in [0.1, 0.15) is 11.8 Å². The number of hydrogen-bond donors (Lipinski definition) is 2. The zero-order valence-corrected chi connectivity index (χ0v) is 19.2. The number of Topliss-reactive ketones (excluding diaryl/α,β-unsaturated/α-hetero) is 1. The number of pyridine rings is 1. The van der Waals surface area contributed by atoms with E-state index in [4.69, 9.17) is 4.42 Å². The normalized spacial score (nSPS) is 17.2. The van der Waals surface area contributed by atoms with Crippen LogP contribution >= 0.6 is 0 Å². The molecule has 1 aromatic carbocycles. The lowest BCUT2D eigenvalue weighted by Gasteiger charge is -2.32. The average Bonchev–Trinajstić information content (AvgIpc) is 3.36. The van der Waals surface area contributed by atoms with Crippen LogP contribution in [0, 0.1) is 0 Å². The predicted molar refractivity (Wildman–Crippen MR) is 130 cm³/mol. The van der Waals surface area contributed by atoms with E-state index in [1.807, 2.05) is 42.5 Å². The zero-order chi connectivity index (χ0) is 24.2. The second-order valence-electron chi connectivity index (χ2n) is 8.59. The number of anilines is 2. The van der Waals surface area contributed by atoms with Crippen molar-refractivity contribution in [2.24, 2.45) is 0 Å². The lowest BCUT2D eigenvalue weighted by molar-refractivity contribution is -0.125. The number of hydrogen-bond acceptors (Lipinski definition) is 6. The monoisotopic (exact) mass is 470 g/mol. The smallest absolute Gasteiger partial charge is 0.228 e. The minimum atomic E-state index is -0.701. The van der Waals surface area contributed by atoms with Crippen LogP contribution in [0.2, 0.25) is 0 Å². The Morgan fingerprint density at radius 2 is 1.91 bits per heavy atom. The Balaban J connectivity index is 1.43. The van der Waals surface area contributed by atoms with Crippen LogP contribution in [0.25, 0.3) is 0 Å². The van der Waals surface area contributed by atoms with Crippen LogP contribution in [0.4, 0.5) is 11.4 Å². The van der Waals surface area contributed by atoms with Crippen LogP contribution < -0.4 is 15.5 Å². The summed E-state index contributed by atoms with van der Waals surface area (Å²) in [6, 6.07) is 15.8. The molecule has 1 atom stereocenters. The number of furan rings is 1. The molecule has 8 heteroatoms. The summed E-state index contributed by atoms with van der Waals surface area (Å²) in [5.74, 6) is 0.00672. The summed E-state index contributed by atoms with van der Waals surface area (Å²) in [5, 5.41) is 6.22. The highest BCUT2D eigenvalue weighted by Gasteiger charge is 2.40. The molecule has 2 aromatic heterocycles. The molecule has 3 heterocycles. The fourth-order valence-corrected chi connectivity index (χ4v) is 4.65. The Morgan fingerprint density at radius 3 is 2.71 bits per heavy atom. The number of carbonyl (C=O) groups is 3. The van der Waals surface area contributed by atoms with Gasteiger partial charge in [0.25, 0.3) is 0 Å². The van der Waals surface area contributed by atoms with E-state index in [2.05, 4.69) is 15.6 Å². The molecule has 1 aliphatic carbocycles. The average molecular weight is 471 g/mol. The van der Waals surface area contributed by atoms with Gasteiger partial charge in [-0.1, -0.05) is 18.2 Å². The van der Waals surface area contributed by atoms with Crippen molar-refractivity contribution >= 4 is 29.0 Å². The first-order valence-corrected chi connectivity index (χ1v) is 11.8. The summed E-state index contributed by atoms with van der Waals surface area (Å²) in [7, 11) is 0. The summed E-state index contributed by atoms with van der Waals surface area (Å²) in [5.41, 5.74) is 3.51. The van der Waals surface area contributed by atoms with Gasteiger partial charge in [-0.2, -0.15) is 0 Å². The Hall–Kier alpha value is -4.20. The second-order valence-corrected chi connectivity index (χ2v) is 8.59. The van der Waals surface area contributed by atoms with Gasteiger partial charge in [0.2, 0.25) is 11.8 Å². The second kappa shape index (κ2) is 9.97. The summed E-state index contributed by atoms with van der Waals surface area (Å²) in [6.07, 6.45) is 5.10. The third-order valence-electron chi connectivity index (χ3n) is 6.28. The number of nitrogens with zero attached hydrogens (tertiary/aromatic N) is 2. The number of para-hydroxylation sites is 2. The number of carbonyl (C=O) groups excluding carboxylic acids is 3. The highest BCUT2D eigenvalue weighted by atomic mass is 16.3. The van der Waals surface area contributed by atoms with E-state index >= 15 is 0 Å².